The molecular formula is C12H23N3O3S2. The lowest BCUT2D eigenvalue weighted by Crippen LogP contribution is -2.19. The molecule has 0 aliphatic carbocycles. The van der Waals surface area contributed by atoms with Gasteiger partial charge >= 0.3 is 0 Å². The Bertz CT molecular complexity index is 526. The number of nitrogens with one attached hydrogen (secondary N) is 1. The monoisotopic (exact) mass is 321 g/mol. The highest BCUT2D eigenvalue weighted by Crippen LogP contribution is 2.24. The normalized spacial score (nSPS) is 12.0. The fraction of sp³-hybridized carbons (Fsp3) is 0.750. The number of aromatic nitrogens is 2. The number of hydrogen-bond acceptors (Lipinski definition) is 6. The second-order valence-electron chi connectivity index (χ2n) is 4.64. The lowest BCUT2D eigenvalue weighted by Gasteiger charge is -2.07. The maximum atomic E-state index is 11.2. The molecule has 1 aromatic rings. The van der Waals surface area contributed by atoms with Gasteiger partial charge in [0, 0.05) is 44.8 Å². The summed E-state index contributed by atoms with van der Waals surface area (Å²) in [5, 5.41) is 8.72. The van der Waals surface area contributed by atoms with Crippen molar-refractivity contribution >= 4 is 21.6 Å². The van der Waals surface area contributed by atoms with Gasteiger partial charge in [0.2, 0.25) is 0 Å². The third kappa shape index (κ3) is 5.82. The molecule has 1 N–H and O–H groups in total. The SMILES string of the molecule is COCCNCc1c(C)nn(C)c1SCCS(C)(=O)=O. The van der Waals surface area contributed by atoms with E-state index in [4.69, 9.17) is 4.74 Å². The highest BCUT2D eigenvalue weighted by Gasteiger charge is 2.14. The minimum atomic E-state index is -2.92. The van der Waals surface area contributed by atoms with Crippen LogP contribution in [0.25, 0.3) is 0 Å². The molecule has 6 nitrogen and oxygen atoms in total. The molecule has 1 rings (SSSR count). The molecule has 20 heavy (non-hydrogen) atoms. The summed E-state index contributed by atoms with van der Waals surface area (Å²) in [5.41, 5.74) is 2.10. The minimum Gasteiger partial charge on any atom is -0.383 e. The Kier molecular flexibility index (Phi) is 7.01. The smallest absolute Gasteiger partial charge is 0.148 e. The number of sulfone groups is 1. The summed E-state index contributed by atoms with van der Waals surface area (Å²) in [6.45, 7) is 4.12. The fourth-order valence-corrected chi connectivity index (χ4v) is 4.10. The van der Waals surface area contributed by atoms with Crippen molar-refractivity contribution < 1.29 is 13.2 Å². The van der Waals surface area contributed by atoms with Gasteiger partial charge in [-0.3, -0.25) is 4.68 Å². The van der Waals surface area contributed by atoms with Gasteiger partial charge in [-0.1, -0.05) is 0 Å². The van der Waals surface area contributed by atoms with Crippen LogP contribution in [0.15, 0.2) is 5.03 Å². The van der Waals surface area contributed by atoms with E-state index in [2.05, 4.69) is 10.4 Å². The summed E-state index contributed by atoms with van der Waals surface area (Å²) in [6.07, 6.45) is 1.26. The average molecular weight is 321 g/mol. The van der Waals surface area contributed by atoms with Gasteiger partial charge in [-0.05, 0) is 6.92 Å². The van der Waals surface area contributed by atoms with Crippen molar-refractivity contribution in [1.29, 1.82) is 0 Å². The van der Waals surface area contributed by atoms with Crippen LogP contribution in [-0.4, -0.2) is 56.2 Å². The van der Waals surface area contributed by atoms with Crippen LogP contribution in [0.3, 0.4) is 0 Å². The zero-order valence-electron chi connectivity index (χ0n) is 12.5. The molecular weight excluding hydrogens is 298 g/mol. The van der Waals surface area contributed by atoms with Crippen molar-refractivity contribution in [2.45, 2.75) is 18.5 Å². The molecule has 0 amide bonds. The van der Waals surface area contributed by atoms with Crippen molar-refractivity contribution in [2.75, 3.05) is 38.0 Å². The summed E-state index contributed by atoms with van der Waals surface area (Å²) in [4.78, 5) is 0. The molecule has 8 heteroatoms. The minimum absolute atomic E-state index is 0.179. The van der Waals surface area contributed by atoms with Gasteiger partial charge in [0.1, 0.15) is 9.84 Å². The van der Waals surface area contributed by atoms with Crippen LogP contribution in [0.4, 0.5) is 0 Å². The molecule has 116 valence electrons. The molecule has 0 aromatic carbocycles. The average Bonchev–Trinajstić information content (AvgIpc) is 2.59. The molecule has 0 spiro atoms. The van der Waals surface area contributed by atoms with E-state index in [1.165, 1.54) is 18.0 Å². The Morgan fingerprint density at radius 3 is 2.75 bits per heavy atom. The van der Waals surface area contributed by atoms with Gasteiger partial charge in [-0.2, -0.15) is 5.10 Å². The Morgan fingerprint density at radius 1 is 1.45 bits per heavy atom. The van der Waals surface area contributed by atoms with Crippen molar-refractivity contribution in [2.24, 2.45) is 7.05 Å². The molecule has 1 aromatic heterocycles. The van der Waals surface area contributed by atoms with E-state index in [1.807, 2.05) is 18.7 Å². The van der Waals surface area contributed by atoms with Crippen molar-refractivity contribution in [1.82, 2.24) is 15.1 Å². The summed E-state index contributed by atoms with van der Waals surface area (Å²) in [6, 6.07) is 0. The van der Waals surface area contributed by atoms with E-state index in [0.29, 0.717) is 18.9 Å². The van der Waals surface area contributed by atoms with Crippen LogP contribution in [0.5, 0.6) is 0 Å². The number of methoxy groups -OCH3 is 1. The third-order valence-corrected chi connectivity index (χ3v) is 5.16. The number of hydrogen-bond donors (Lipinski definition) is 1. The maximum Gasteiger partial charge on any atom is 0.148 e. The van der Waals surface area contributed by atoms with Gasteiger partial charge in [-0.25, -0.2) is 8.42 Å². The van der Waals surface area contributed by atoms with E-state index in [-0.39, 0.29) is 5.75 Å². The molecule has 0 aliphatic rings. The van der Waals surface area contributed by atoms with Gasteiger partial charge in [-0.15, -0.1) is 11.8 Å². The topological polar surface area (TPSA) is 73.2 Å². The second kappa shape index (κ2) is 8.02. The number of nitrogens with zero attached hydrogens (tertiary/aromatic N) is 2. The molecule has 1 heterocycles. The summed E-state index contributed by atoms with van der Waals surface area (Å²) < 4.78 is 29.2. The van der Waals surface area contributed by atoms with Crippen LogP contribution in [0.2, 0.25) is 0 Å². The number of rotatable bonds is 9. The van der Waals surface area contributed by atoms with Crippen molar-refractivity contribution in [3.8, 4) is 0 Å². The first kappa shape index (κ1) is 17.5. The molecule has 0 saturated carbocycles. The van der Waals surface area contributed by atoms with Gasteiger partial charge in [0.15, 0.2) is 0 Å². The molecule has 0 radical (unpaired) electrons. The first-order chi connectivity index (χ1) is 9.35. The van der Waals surface area contributed by atoms with Crippen molar-refractivity contribution in [3.05, 3.63) is 11.3 Å². The zero-order chi connectivity index (χ0) is 15.2. The highest BCUT2D eigenvalue weighted by atomic mass is 32.2. The predicted molar refractivity (Wildman–Crippen MR) is 82.0 cm³/mol. The molecule has 0 bridgehead atoms. The Labute approximate surface area is 125 Å². The molecule has 0 saturated heterocycles. The van der Waals surface area contributed by atoms with Crippen LogP contribution >= 0.6 is 11.8 Å². The van der Waals surface area contributed by atoms with Crippen LogP contribution in [0.1, 0.15) is 11.3 Å². The Morgan fingerprint density at radius 2 is 2.15 bits per heavy atom. The molecule has 0 fully saturated rings. The number of aryl methyl sites for hydroxylation is 2. The first-order valence-corrected chi connectivity index (χ1v) is 9.42. The Balaban J connectivity index is 2.64. The standard InChI is InChI=1S/C12H23N3O3S2/c1-10-11(9-13-5-6-18-3)12(15(2)14-10)19-7-8-20(4,16)17/h13H,5-9H2,1-4H3. The van der Waals surface area contributed by atoms with Gasteiger partial charge in [0.25, 0.3) is 0 Å². The zero-order valence-corrected chi connectivity index (χ0v) is 14.1. The van der Waals surface area contributed by atoms with Crippen LogP contribution < -0.4 is 5.32 Å². The van der Waals surface area contributed by atoms with Crippen molar-refractivity contribution in [3.63, 3.8) is 0 Å². The van der Waals surface area contributed by atoms with E-state index >= 15 is 0 Å². The largest absolute Gasteiger partial charge is 0.383 e. The summed E-state index contributed by atoms with van der Waals surface area (Å²) in [7, 11) is 0.633. The van der Waals surface area contributed by atoms with Gasteiger partial charge < -0.3 is 10.1 Å². The quantitative estimate of drug-likeness (QED) is 0.530. The van der Waals surface area contributed by atoms with E-state index in [0.717, 1.165) is 22.8 Å². The van der Waals surface area contributed by atoms with Crippen LogP contribution in [0, 0.1) is 6.92 Å². The summed E-state index contributed by atoms with van der Waals surface area (Å²) in [5.74, 6) is 0.724. The molecule has 0 unspecified atom stereocenters. The second-order valence-corrected chi connectivity index (χ2v) is 7.98. The summed E-state index contributed by atoms with van der Waals surface area (Å²) >= 11 is 1.54. The lowest BCUT2D eigenvalue weighted by atomic mass is 10.2. The van der Waals surface area contributed by atoms with E-state index < -0.39 is 9.84 Å². The number of ether oxygens (including phenoxy) is 1. The molecule has 0 atom stereocenters. The predicted octanol–water partition coefficient (Wildman–Crippen LogP) is 0.601. The Hall–Kier alpha value is -0.570. The fourth-order valence-electron chi connectivity index (χ4n) is 1.74. The van der Waals surface area contributed by atoms with E-state index in [1.54, 1.807) is 7.11 Å². The van der Waals surface area contributed by atoms with Gasteiger partial charge in [0.05, 0.1) is 23.1 Å². The lowest BCUT2D eigenvalue weighted by molar-refractivity contribution is 0.199. The third-order valence-electron chi connectivity index (χ3n) is 2.77. The maximum absolute atomic E-state index is 11.2. The highest BCUT2D eigenvalue weighted by molar-refractivity contribution is 8.00. The van der Waals surface area contributed by atoms with E-state index in [9.17, 15) is 8.42 Å². The molecule has 0 aliphatic heterocycles. The van der Waals surface area contributed by atoms with Crippen LogP contribution in [-0.2, 0) is 28.2 Å². The number of thioether (sulfide) groups is 1. The first-order valence-electron chi connectivity index (χ1n) is 6.38.